The van der Waals surface area contributed by atoms with Crippen molar-refractivity contribution in [3.8, 4) is 11.1 Å². The third kappa shape index (κ3) is 4.34. The van der Waals surface area contributed by atoms with E-state index in [0.29, 0.717) is 11.5 Å². The van der Waals surface area contributed by atoms with Gasteiger partial charge in [-0.2, -0.15) is 4.37 Å². The molecular weight excluding hydrogens is 416 g/mol. The molecule has 4 aromatic rings. The summed E-state index contributed by atoms with van der Waals surface area (Å²) in [5.41, 5.74) is 2.47. The Morgan fingerprint density at radius 3 is 2.37 bits per heavy atom. The number of hydrogen-bond acceptors (Lipinski definition) is 5. The molecule has 0 amide bonds. The number of benzene rings is 3. The molecule has 0 unspecified atom stereocenters. The Bertz CT molecular complexity index is 1300. The molecule has 3 aromatic carbocycles. The summed E-state index contributed by atoms with van der Waals surface area (Å²) in [6.45, 7) is 0. The van der Waals surface area contributed by atoms with Crippen LogP contribution in [0.25, 0.3) is 21.2 Å². The molecule has 0 radical (unpaired) electrons. The highest BCUT2D eigenvalue weighted by atomic mass is 32.2. The largest absolute Gasteiger partial charge is 0.369 e. The van der Waals surface area contributed by atoms with Crippen molar-refractivity contribution in [1.29, 1.82) is 0 Å². The molecule has 0 bridgehead atoms. The highest BCUT2D eigenvalue weighted by Crippen LogP contribution is 2.32. The highest BCUT2D eigenvalue weighted by Gasteiger charge is 2.15. The van der Waals surface area contributed by atoms with Crippen LogP contribution in [0.4, 0.5) is 11.5 Å². The maximum Gasteiger partial charge on any atom is 0.261 e. The molecule has 0 saturated heterocycles. The summed E-state index contributed by atoms with van der Waals surface area (Å²) < 4.78 is 33.7. The summed E-state index contributed by atoms with van der Waals surface area (Å²) in [4.78, 5) is 6.37. The second-order valence-corrected chi connectivity index (χ2v) is 9.41. The lowest BCUT2D eigenvalue weighted by molar-refractivity contribution is 0.601. The number of hydrogen-bond donors (Lipinski definition) is 1. The van der Waals surface area contributed by atoms with Crippen LogP contribution in [0.15, 0.2) is 82.7 Å². The molecule has 0 atom stereocenters. The van der Waals surface area contributed by atoms with Crippen molar-refractivity contribution in [2.24, 2.45) is 4.99 Å². The molecule has 8 heteroatoms. The van der Waals surface area contributed by atoms with Crippen LogP contribution in [0.5, 0.6) is 0 Å². The fraction of sp³-hybridized carbons (Fsp3) is 0.0909. The van der Waals surface area contributed by atoms with E-state index in [9.17, 15) is 8.42 Å². The minimum atomic E-state index is -3.72. The van der Waals surface area contributed by atoms with Gasteiger partial charge in [0.2, 0.25) is 0 Å². The van der Waals surface area contributed by atoms with Crippen LogP contribution in [0.3, 0.4) is 0 Å². The first kappa shape index (κ1) is 20.1. The molecule has 152 valence electrons. The molecule has 4 rings (SSSR count). The van der Waals surface area contributed by atoms with Crippen LogP contribution >= 0.6 is 11.5 Å². The molecule has 30 heavy (non-hydrogen) atoms. The lowest BCUT2D eigenvalue weighted by Crippen LogP contribution is -2.12. The molecule has 1 aromatic heterocycles. The normalized spacial score (nSPS) is 11.8. The van der Waals surface area contributed by atoms with E-state index in [0.717, 1.165) is 21.2 Å². The summed E-state index contributed by atoms with van der Waals surface area (Å²) in [5.74, 6) is 0.567. The summed E-state index contributed by atoms with van der Waals surface area (Å²) >= 11 is 1.33. The van der Waals surface area contributed by atoms with Crippen molar-refractivity contribution in [3.63, 3.8) is 0 Å². The quantitative estimate of drug-likeness (QED) is 0.341. The van der Waals surface area contributed by atoms with E-state index in [4.69, 9.17) is 0 Å². The fourth-order valence-corrected chi connectivity index (χ4v) is 4.68. The van der Waals surface area contributed by atoms with E-state index in [-0.39, 0.29) is 4.90 Å². The van der Waals surface area contributed by atoms with Crippen molar-refractivity contribution >= 4 is 49.5 Å². The zero-order valence-corrected chi connectivity index (χ0v) is 18.1. The van der Waals surface area contributed by atoms with Crippen molar-refractivity contribution in [1.82, 2.24) is 9.27 Å². The number of aromatic nitrogens is 1. The maximum absolute atomic E-state index is 12.9. The second-order valence-electron chi connectivity index (χ2n) is 6.92. The molecule has 0 aliphatic rings. The van der Waals surface area contributed by atoms with Gasteiger partial charge in [0.05, 0.1) is 15.9 Å². The Labute approximate surface area is 179 Å². The van der Waals surface area contributed by atoms with Gasteiger partial charge in [-0.1, -0.05) is 42.5 Å². The van der Waals surface area contributed by atoms with Gasteiger partial charge in [-0.15, -0.1) is 0 Å². The molecule has 0 fully saturated rings. The van der Waals surface area contributed by atoms with Gasteiger partial charge in [0, 0.05) is 25.2 Å². The molecule has 6 nitrogen and oxygen atoms in total. The summed E-state index contributed by atoms with van der Waals surface area (Å²) in [5, 5.41) is 0.803. The number of fused-ring (bicyclic) bond motifs is 1. The van der Waals surface area contributed by atoms with E-state index in [1.807, 2.05) is 67.5 Å². The van der Waals surface area contributed by atoms with Gasteiger partial charge < -0.3 is 4.90 Å². The van der Waals surface area contributed by atoms with E-state index in [2.05, 4.69) is 14.1 Å². The van der Waals surface area contributed by atoms with E-state index >= 15 is 0 Å². The Kier molecular flexibility index (Phi) is 5.52. The molecular formula is C22H20N4O2S2. The first-order valence-electron chi connectivity index (χ1n) is 9.21. The summed E-state index contributed by atoms with van der Waals surface area (Å²) in [7, 11) is 0.0351. The average molecular weight is 437 g/mol. The van der Waals surface area contributed by atoms with Crippen molar-refractivity contribution in [3.05, 3.63) is 72.8 Å². The van der Waals surface area contributed by atoms with Gasteiger partial charge in [0.15, 0.2) is 5.82 Å². The Morgan fingerprint density at radius 2 is 1.67 bits per heavy atom. The predicted molar refractivity (Wildman–Crippen MR) is 124 cm³/mol. The maximum atomic E-state index is 12.9. The number of anilines is 1. The molecule has 0 saturated carbocycles. The van der Waals surface area contributed by atoms with Crippen molar-refractivity contribution in [2.45, 2.75) is 4.90 Å². The standard InChI is InChI=1S/C22H20N4O2S2/c1-26(2)15-23-22-20-14-18(10-13-21(20)29-24-22)25-30(27,28)19-11-8-17(9-12-19)16-6-4-3-5-7-16/h3-15,25H,1-2H3. The Morgan fingerprint density at radius 1 is 0.967 bits per heavy atom. The fourth-order valence-electron chi connectivity index (χ4n) is 2.92. The van der Waals surface area contributed by atoms with Crippen molar-refractivity contribution in [2.75, 3.05) is 18.8 Å². The summed E-state index contributed by atoms with van der Waals surface area (Å²) in [6.07, 6.45) is 1.67. The Balaban J connectivity index is 1.60. The lowest BCUT2D eigenvalue weighted by atomic mass is 10.1. The van der Waals surface area contributed by atoms with Crippen LogP contribution in [0.2, 0.25) is 0 Å². The highest BCUT2D eigenvalue weighted by molar-refractivity contribution is 7.92. The third-order valence-electron chi connectivity index (χ3n) is 4.39. The molecule has 0 aliphatic heterocycles. The zero-order chi connectivity index (χ0) is 21.1. The van der Waals surface area contributed by atoms with Crippen molar-refractivity contribution < 1.29 is 8.42 Å². The topological polar surface area (TPSA) is 74.7 Å². The van der Waals surface area contributed by atoms with Crippen LogP contribution in [0, 0.1) is 0 Å². The SMILES string of the molecule is CN(C)C=Nc1nsc2ccc(NS(=O)(=O)c3ccc(-c4ccccc4)cc3)cc12. The van der Waals surface area contributed by atoms with E-state index in [1.54, 1.807) is 30.6 Å². The summed E-state index contributed by atoms with van der Waals surface area (Å²) in [6, 6.07) is 22.0. The van der Waals surface area contributed by atoms with Gasteiger partial charge >= 0.3 is 0 Å². The average Bonchev–Trinajstić information content (AvgIpc) is 3.15. The van der Waals surface area contributed by atoms with Crippen LogP contribution in [0.1, 0.15) is 0 Å². The van der Waals surface area contributed by atoms with Gasteiger partial charge in [-0.05, 0) is 53.0 Å². The number of sulfonamides is 1. The van der Waals surface area contributed by atoms with Gasteiger partial charge in [-0.3, -0.25) is 4.72 Å². The first-order valence-corrected chi connectivity index (χ1v) is 11.5. The minimum absolute atomic E-state index is 0.205. The number of aliphatic imine (C=N–C) groups is 1. The third-order valence-corrected chi connectivity index (χ3v) is 6.60. The van der Waals surface area contributed by atoms with Gasteiger partial charge in [0.25, 0.3) is 10.0 Å². The van der Waals surface area contributed by atoms with E-state index < -0.39 is 10.0 Å². The number of rotatable bonds is 6. The van der Waals surface area contributed by atoms with Crippen LogP contribution < -0.4 is 4.72 Å². The lowest BCUT2D eigenvalue weighted by Gasteiger charge is -2.09. The van der Waals surface area contributed by atoms with Gasteiger partial charge in [0.1, 0.15) is 0 Å². The van der Waals surface area contributed by atoms with Gasteiger partial charge in [-0.25, -0.2) is 13.4 Å². The number of nitrogens with one attached hydrogen (secondary N) is 1. The van der Waals surface area contributed by atoms with Crippen LogP contribution in [-0.4, -0.2) is 38.1 Å². The molecule has 1 N–H and O–H groups in total. The number of nitrogens with zero attached hydrogens (tertiary/aromatic N) is 3. The zero-order valence-electron chi connectivity index (χ0n) is 16.5. The van der Waals surface area contributed by atoms with E-state index in [1.165, 1.54) is 11.5 Å². The predicted octanol–water partition coefficient (Wildman–Crippen LogP) is 4.99. The minimum Gasteiger partial charge on any atom is -0.369 e. The Hall–Kier alpha value is -3.23. The van der Waals surface area contributed by atoms with Crippen LogP contribution in [-0.2, 0) is 10.0 Å². The first-order chi connectivity index (χ1) is 14.4. The second kappa shape index (κ2) is 8.25. The molecule has 0 aliphatic carbocycles. The molecule has 1 heterocycles. The smallest absolute Gasteiger partial charge is 0.261 e. The monoisotopic (exact) mass is 436 g/mol. The molecule has 0 spiro atoms.